The molecule has 0 saturated heterocycles. The second-order valence-electron chi connectivity index (χ2n) is 6.73. The van der Waals surface area contributed by atoms with E-state index >= 15 is 0 Å². The van der Waals surface area contributed by atoms with Crippen molar-refractivity contribution in [3.05, 3.63) is 71.0 Å². The third-order valence-electron chi connectivity index (χ3n) is 3.69. The molecule has 1 aromatic carbocycles. The van der Waals surface area contributed by atoms with Crippen molar-refractivity contribution in [2.24, 2.45) is 0 Å². The van der Waals surface area contributed by atoms with Crippen LogP contribution in [0.5, 0.6) is 0 Å². The minimum absolute atomic E-state index is 0.153. The first kappa shape index (κ1) is 17.2. The van der Waals surface area contributed by atoms with Gasteiger partial charge in [0.15, 0.2) is 5.82 Å². The molecule has 0 spiro atoms. The maximum absolute atomic E-state index is 12.6. The summed E-state index contributed by atoms with van der Waals surface area (Å²) in [6, 6.07) is 14.2. The molecule has 6 heteroatoms. The van der Waals surface area contributed by atoms with E-state index in [-0.39, 0.29) is 11.3 Å². The molecule has 0 unspecified atom stereocenters. The Balaban J connectivity index is 1.98. The van der Waals surface area contributed by atoms with Gasteiger partial charge in [-0.3, -0.25) is 4.79 Å². The maximum Gasteiger partial charge on any atom is 0.256 e. The topological polar surface area (TPSA) is 59.8 Å². The maximum atomic E-state index is 12.6. The molecule has 3 aromatic rings. The van der Waals surface area contributed by atoms with Gasteiger partial charge in [-0.2, -0.15) is 9.78 Å². The van der Waals surface area contributed by atoms with Crippen molar-refractivity contribution in [2.45, 2.75) is 26.2 Å². The number of anilines is 1. The summed E-state index contributed by atoms with van der Waals surface area (Å²) >= 11 is 5.88. The third-order valence-corrected chi connectivity index (χ3v) is 3.94. The molecule has 0 atom stereocenters. The SMILES string of the molecule is CC(C)(C)c1cc(NC(=O)c2ccc(Cl)cc2)n(-c2ccccn2)n1. The molecule has 25 heavy (non-hydrogen) atoms. The summed E-state index contributed by atoms with van der Waals surface area (Å²) in [5, 5.41) is 8.13. The van der Waals surface area contributed by atoms with Crippen LogP contribution in [0.15, 0.2) is 54.7 Å². The normalized spacial score (nSPS) is 11.4. The third kappa shape index (κ3) is 3.88. The Morgan fingerprint density at radius 2 is 1.84 bits per heavy atom. The van der Waals surface area contributed by atoms with Crippen LogP contribution in [0.1, 0.15) is 36.8 Å². The van der Waals surface area contributed by atoms with Gasteiger partial charge in [0, 0.05) is 28.3 Å². The van der Waals surface area contributed by atoms with E-state index in [1.54, 1.807) is 35.1 Å². The molecule has 0 aliphatic carbocycles. The van der Waals surface area contributed by atoms with Crippen molar-refractivity contribution in [3.8, 4) is 5.82 Å². The lowest BCUT2D eigenvalue weighted by Crippen LogP contribution is -2.15. The van der Waals surface area contributed by atoms with Crippen LogP contribution in [0, 0.1) is 0 Å². The van der Waals surface area contributed by atoms with Crippen LogP contribution < -0.4 is 5.32 Å². The van der Waals surface area contributed by atoms with Crippen molar-refractivity contribution in [3.63, 3.8) is 0 Å². The van der Waals surface area contributed by atoms with E-state index < -0.39 is 0 Å². The van der Waals surface area contributed by atoms with Gasteiger partial charge in [-0.05, 0) is 36.4 Å². The van der Waals surface area contributed by atoms with E-state index in [1.165, 1.54) is 0 Å². The highest BCUT2D eigenvalue weighted by molar-refractivity contribution is 6.30. The van der Waals surface area contributed by atoms with E-state index in [9.17, 15) is 4.79 Å². The molecule has 1 amide bonds. The Morgan fingerprint density at radius 3 is 2.44 bits per heavy atom. The summed E-state index contributed by atoms with van der Waals surface area (Å²) in [5.41, 5.74) is 1.24. The lowest BCUT2D eigenvalue weighted by atomic mass is 9.92. The zero-order valence-electron chi connectivity index (χ0n) is 14.3. The van der Waals surface area contributed by atoms with Crippen LogP contribution in [0.2, 0.25) is 5.02 Å². The molecule has 0 fully saturated rings. The standard InChI is InChI=1S/C19H19ClN4O/c1-19(2,3)15-12-17(24(23-15)16-6-4-5-11-21-16)22-18(25)13-7-9-14(20)10-8-13/h4-12H,1-3H3,(H,22,25). The lowest BCUT2D eigenvalue weighted by Gasteiger charge is -2.13. The van der Waals surface area contributed by atoms with E-state index in [2.05, 4.69) is 36.2 Å². The van der Waals surface area contributed by atoms with E-state index in [4.69, 9.17) is 11.6 Å². The lowest BCUT2D eigenvalue weighted by molar-refractivity contribution is 0.102. The smallest absolute Gasteiger partial charge is 0.256 e. The highest BCUT2D eigenvalue weighted by Crippen LogP contribution is 2.26. The molecule has 128 valence electrons. The predicted octanol–water partition coefficient (Wildman–Crippen LogP) is 4.47. The van der Waals surface area contributed by atoms with Gasteiger partial charge < -0.3 is 5.32 Å². The van der Waals surface area contributed by atoms with Crippen molar-refractivity contribution in [2.75, 3.05) is 5.32 Å². The fourth-order valence-corrected chi connectivity index (χ4v) is 2.41. The zero-order chi connectivity index (χ0) is 18.0. The monoisotopic (exact) mass is 354 g/mol. The Labute approximate surface area is 151 Å². The first-order chi connectivity index (χ1) is 11.8. The van der Waals surface area contributed by atoms with Crippen LogP contribution >= 0.6 is 11.6 Å². The molecule has 1 N–H and O–H groups in total. The largest absolute Gasteiger partial charge is 0.306 e. The number of rotatable bonds is 3. The highest BCUT2D eigenvalue weighted by Gasteiger charge is 2.22. The quantitative estimate of drug-likeness (QED) is 0.754. The van der Waals surface area contributed by atoms with E-state index in [0.717, 1.165) is 5.69 Å². The molecule has 5 nitrogen and oxygen atoms in total. The number of benzene rings is 1. The number of hydrogen-bond donors (Lipinski definition) is 1. The van der Waals surface area contributed by atoms with Crippen LogP contribution in [-0.2, 0) is 5.41 Å². The Bertz CT molecular complexity index is 880. The Morgan fingerprint density at radius 1 is 1.12 bits per heavy atom. The fourth-order valence-electron chi connectivity index (χ4n) is 2.28. The molecule has 0 aliphatic rings. The number of aromatic nitrogens is 3. The molecule has 0 bridgehead atoms. The van der Waals surface area contributed by atoms with Gasteiger partial charge in [0.25, 0.3) is 5.91 Å². The molecule has 2 aromatic heterocycles. The first-order valence-electron chi connectivity index (χ1n) is 7.93. The summed E-state index contributed by atoms with van der Waals surface area (Å²) in [7, 11) is 0. The fraction of sp³-hybridized carbons (Fsp3) is 0.211. The Kier molecular flexibility index (Phi) is 4.59. The molecule has 3 rings (SSSR count). The molecular formula is C19H19ClN4O. The number of nitrogens with one attached hydrogen (secondary N) is 1. The number of hydrogen-bond acceptors (Lipinski definition) is 3. The average molecular weight is 355 g/mol. The summed E-state index contributed by atoms with van der Waals surface area (Å²) in [6.07, 6.45) is 1.69. The van der Waals surface area contributed by atoms with Gasteiger partial charge >= 0.3 is 0 Å². The van der Waals surface area contributed by atoms with Gasteiger partial charge in [0.2, 0.25) is 0 Å². The summed E-state index contributed by atoms with van der Waals surface area (Å²) in [6.45, 7) is 6.22. The van der Waals surface area contributed by atoms with Gasteiger partial charge in [-0.1, -0.05) is 38.4 Å². The summed E-state index contributed by atoms with van der Waals surface area (Å²) < 4.78 is 1.65. The van der Waals surface area contributed by atoms with Crippen molar-refractivity contribution in [1.29, 1.82) is 0 Å². The van der Waals surface area contributed by atoms with Crippen LogP contribution in [0.3, 0.4) is 0 Å². The van der Waals surface area contributed by atoms with Crippen molar-refractivity contribution >= 4 is 23.3 Å². The number of nitrogens with zero attached hydrogens (tertiary/aromatic N) is 3. The molecule has 0 aliphatic heterocycles. The minimum Gasteiger partial charge on any atom is -0.306 e. The number of carbonyl (C=O) groups excluding carboxylic acids is 1. The number of pyridine rings is 1. The van der Waals surface area contributed by atoms with Gasteiger partial charge in [-0.25, -0.2) is 4.98 Å². The molecule has 0 radical (unpaired) electrons. The van der Waals surface area contributed by atoms with Crippen LogP contribution in [0.25, 0.3) is 5.82 Å². The van der Waals surface area contributed by atoms with Crippen molar-refractivity contribution in [1.82, 2.24) is 14.8 Å². The second-order valence-corrected chi connectivity index (χ2v) is 7.16. The molecular weight excluding hydrogens is 336 g/mol. The van der Waals surface area contributed by atoms with E-state index in [0.29, 0.717) is 22.2 Å². The van der Waals surface area contributed by atoms with Crippen LogP contribution in [-0.4, -0.2) is 20.7 Å². The van der Waals surface area contributed by atoms with Gasteiger partial charge in [0.05, 0.1) is 5.69 Å². The summed E-state index contributed by atoms with van der Waals surface area (Å²) in [5.74, 6) is 0.988. The van der Waals surface area contributed by atoms with E-state index in [1.807, 2.05) is 24.3 Å². The minimum atomic E-state index is -0.228. The summed E-state index contributed by atoms with van der Waals surface area (Å²) in [4.78, 5) is 16.9. The first-order valence-corrected chi connectivity index (χ1v) is 8.31. The molecule has 2 heterocycles. The second kappa shape index (κ2) is 6.69. The number of amides is 1. The van der Waals surface area contributed by atoms with Crippen LogP contribution in [0.4, 0.5) is 5.82 Å². The van der Waals surface area contributed by atoms with Crippen molar-refractivity contribution < 1.29 is 4.79 Å². The van der Waals surface area contributed by atoms with Gasteiger partial charge in [-0.15, -0.1) is 0 Å². The number of halogens is 1. The molecule has 0 saturated carbocycles. The average Bonchev–Trinajstić information content (AvgIpc) is 3.00. The van der Waals surface area contributed by atoms with Gasteiger partial charge in [0.1, 0.15) is 5.82 Å². The zero-order valence-corrected chi connectivity index (χ0v) is 15.1. The Hall–Kier alpha value is -2.66. The number of carbonyl (C=O) groups is 1. The predicted molar refractivity (Wildman–Crippen MR) is 99.5 cm³/mol. The highest BCUT2D eigenvalue weighted by atomic mass is 35.5.